The van der Waals surface area contributed by atoms with E-state index in [0.717, 1.165) is 39.2 Å². The largest absolute Gasteiger partial charge is 0.309 e. The van der Waals surface area contributed by atoms with Gasteiger partial charge in [-0.15, -0.1) is 0 Å². The van der Waals surface area contributed by atoms with E-state index in [4.69, 9.17) is 9.97 Å². The average Bonchev–Trinajstić information content (AvgIpc) is 3.74. The number of aromatic nitrogens is 4. The van der Waals surface area contributed by atoms with Gasteiger partial charge >= 0.3 is 0 Å². The van der Waals surface area contributed by atoms with Crippen molar-refractivity contribution in [2.75, 3.05) is 0 Å². The molecule has 3 heterocycles. The van der Waals surface area contributed by atoms with Gasteiger partial charge in [-0.05, 0) is 76.5 Å². The van der Waals surface area contributed by atoms with Crippen molar-refractivity contribution >= 4 is 54.4 Å². The molecule has 0 N–H and O–H groups in total. The molecular weight excluding hydrogens is 633 g/mol. The summed E-state index contributed by atoms with van der Waals surface area (Å²) in [5.74, 6) is 0.651. The summed E-state index contributed by atoms with van der Waals surface area (Å²) in [4.78, 5) is 10.4. The van der Waals surface area contributed by atoms with Crippen molar-refractivity contribution in [3.63, 3.8) is 0 Å². The third-order valence-corrected chi connectivity index (χ3v) is 10.5. The van der Waals surface area contributed by atoms with Gasteiger partial charge in [0.25, 0.3) is 0 Å². The lowest BCUT2D eigenvalue weighted by atomic mass is 9.96. The number of benzene rings is 8. The molecule has 0 spiro atoms. The van der Waals surface area contributed by atoms with Crippen LogP contribution in [0.5, 0.6) is 0 Å². The Hall–Kier alpha value is -7.04. The van der Waals surface area contributed by atoms with Gasteiger partial charge in [0.2, 0.25) is 5.95 Å². The molecule has 3 aromatic heterocycles. The van der Waals surface area contributed by atoms with Crippen LogP contribution >= 0.6 is 0 Å². The third-order valence-electron chi connectivity index (χ3n) is 10.5. The standard InChI is InChI=1S/C48H30N4/c1-4-13-31(14-5-1)40-30-41(32-15-6-2-7-16-32)50-48(49-40)52-42-21-11-10-20-38(42)39-28-34(25-26-43(39)52)36-27-35-24-23-33-17-12-22-44-46(33)47(35)45(29-36)51(44)37-18-8-3-9-19-37/h1-30H. The summed E-state index contributed by atoms with van der Waals surface area (Å²) in [5.41, 5.74) is 12.0. The molecule has 0 amide bonds. The first kappa shape index (κ1) is 28.8. The second-order valence-corrected chi connectivity index (χ2v) is 13.5. The van der Waals surface area contributed by atoms with E-state index in [-0.39, 0.29) is 0 Å². The van der Waals surface area contributed by atoms with Gasteiger partial charge in [0.05, 0.1) is 33.5 Å². The molecule has 0 aliphatic rings. The number of nitrogens with zero attached hydrogens (tertiary/aromatic N) is 4. The summed E-state index contributed by atoms with van der Waals surface area (Å²) in [6.45, 7) is 0. The van der Waals surface area contributed by atoms with E-state index in [1.165, 1.54) is 54.5 Å². The summed E-state index contributed by atoms with van der Waals surface area (Å²) in [7, 11) is 0. The van der Waals surface area contributed by atoms with Crippen LogP contribution in [0.4, 0.5) is 0 Å². The molecule has 8 aromatic carbocycles. The topological polar surface area (TPSA) is 35.6 Å². The molecule has 0 radical (unpaired) electrons. The normalized spacial score (nSPS) is 11.8. The van der Waals surface area contributed by atoms with E-state index in [9.17, 15) is 0 Å². The average molecular weight is 663 g/mol. The third kappa shape index (κ3) is 4.34. The van der Waals surface area contributed by atoms with Gasteiger partial charge in [0.15, 0.2) is 0 Å². The first-order valence-electron chi connectivity index (χ1n) is 17.7. The molecule has 0 aliphatic carbocycles. The van der Waals surface area contributed by atoms with Gasteiger partial charge in [-0.2, -0.15) is 0 Å². The van der Waals surface area contributed by atoms with Crippen molar-refractivity contribution in [2.24, 2.45) is 0 Å². The molecule has 0 aliphatic heterocycles. The molecule has 242 valence electrons. The van der Waals surface area contributed by atoms with E-state index >= 15 is 0 Å². The Morgan fingerprint density at radius 2 is 0.942 bits per heavy atom. The highest BCUT2D eigenvalue weighted by Gasteiger charge is 2.20. The fraction of sp³-hybridized carbons (Fsp3) is 0. The Morgan fingerprint density at radius 1 is 0.327 bits per heavy atom. The first-order chi connectivity index (χ1) is 25.8. The molecule has 0 saturated heterocycles. The van der Waals surface area contributed by atoms with Crippen LogP contribution in [-0.2, 0) is 0 Å². The van der Waals surface area contributed by atoms with E-state index in [0.29, 0.717) is 5.95 Å². The van der Waals surface area contributed by atoms with E-state index in [1.807, 2.05) is 12.1 Å². The minimum Gasteiger partial charge on any atom is -0.309 e. The van der Waals surface area contributed by atoms with Gasteiger partial charge in [-0.3, -0.25) is 4.57 Å². The molecule has 11 aromatic rings. The number of hydrogen-bond acceptors (Lipinski definition) is 2. The first-order valence-corrected chi connectivity index (χ1v) is 17.7. The monoisotopic (exact) mass is 662 g/mol. The highest BCUT2D eigenvalue weighted by Crippen LogP contribution is 2.42. The van der Waals surface area contributed by atoms with Gasteiger partial charge < -0.3 is 4.57 Å². The highest BCUT2D eigenvalue weighted by atomic mass is 15.2. The molecule has 4 nitrogen and oxygen atoms in total. The molecule has 0 fully saturated rings. The van der Waals surface area contributed by atoms with E-state index < -0.39 is 0 Å². The summed E-state index contributed by atoms with van der Waals surface area (Å²) >= 11 is 0. The lowest BCUT2D eigenvalue weighted by Crippen LogP contribution is -2.03. The summed E-state index contributed by atoms with van der Waals surface area (Å²) < 4.78 is 4.64. The quantitative estimate of drug-likeness (QED) is 0.172. The van der Waals surface area contributed by atoms with Gasteiger partial charge in [0, 0.05) is 38.4 Å². The van der Waals surface area contributed by atoms with Crippen LogP contribution in [0.2, 0.25) is 0 Å². The van der Waals surface area contributed by atoms with Crippen LogP contribution < -0.4 is 0 Å². The smallest absolute Gasteiger partial charge is 0.235 e. The lowest BCUT2D eigenvalue weighted by Gasteiger charge is -2.12. The van der Waals surface area contributed by atoms with Crippen molar-refractivity contribution in [1.29, 1.82) is 0 Å². The number of fused-ring (bicyclic) bond motifs is 3. The van der Waals surface area contributed by atoms with E-state index in [1.54, 1.807) is 0 Å². The molecular formula is C48H30N4. The SMILES string of the molecule is c1ccc(-c2cc(-c3ccccc3)nc(-n3c4ccccc4c4cc(-c5cc6ccc7cccc8c7c6c(c5)n8-c5ccccc5)ccc43)n2)cc1. The van der Waals surface area contributed by atoms with Gasteiger partial charge in [-0.1, -0.05) is 127 Å². The van der Waals surface area contributed by atoms with Crippen LogP contribution in [0, 0.1) is 0 Å². The zero-order chi connectivity index (χ0) is 34.2. The molecule has 11 rings (SSSR count). The van der Waals surface area contributed by atoms with Crippen LogP contribution in [0.15, 0.2) is 182 Å². The van der Waals surface area contributed by atoms with Crippen LogP contribution in [0.1, 0.15) is 0 Å². The predicted octanol–water partition coefficient (Wildman–Crippen LogP) is 12.3. The zero-order valence-corrected chi connectivity index (χ0v) is 28.1. The number of para-hydroxylation sites is 2. The Kier molecular flexibility index (Phi) is 6.22. The van der Waals surface area contributed by atoms with Crippen molar-refractivity contribution in [3.8, 4) is 45.3 Å². The van der Waals surface area contributed by atoms with Crippen LogP contribution in [0.25, 0.3) is 99.7 Å². The molecule has 4 heteroatoms. The van der Waals surface area contributed by atoms with Gasteiger partial charge in [-0.25, -0.2) is 9.97 Å². The maximum atomic E-state index is 5.22. The van der Waals surface area contributed by atoms with Crippen molar-refractivity contribution in [1.82, 2.24) is 19.1 Å². The lowest BCUT2D eigenvalue weighted by molar-refractivity contribution is 0.995. The summed E-state index contributed by atoms with van der Waals surface area (Å²) in [6.07, 6.45) is 0. The van der Waals surface area contributed by atoms with Crippen LogP contribution in [-0.4, -0.2) is 19.1 Å². The second-order valence-electron chi connectivity index (χ2n) is 13.5. The summed E-state index contributed by atoms with van der Waals surface area (Å²) in [6, 6.07) is 64.8. The van der Waals surface area contributed by atoms with E-state index in [2.05, 4.69) is 179 Å². The minimum absolute atomic E-state index is 0.651. The zero-order valence-electron chi connectivity index (χ0n) is 28.1. The Labute approximate surface area is 299 Å². The second kappa shape index (κ2) is 11.2. The summed E-state index contributed by atoms with van der Waals surface area (Å²) in [5, 5.41) is 7.46. The number of rotatable bonds is 5. The maximum absolute atomic E-state index is 5.22. The number of hydrogen-bond donors (Lipinski definition) is 0. The van der Waals surface area contributed by atoms with Crippen molar-refractivity contribution in [3.05, 3.63) is 182 Å². The van der Waals surface area contributed by atoms with Crippen molar-refractivity contribution < 1.29 is 0 Å². The Morgan fingerprint density at radius 3 is 1.69 bits per heavy atom. The van der Waals surface area contributed by atoms with Gasteiger partial charge in [0.1, 0.15) is 0 Å². The Bertz CT molecular complexity index is 3040. The predicted molar refractivity (Wildman–Crippen MR) is 216 cm³/mol. The Balaban J connectivity index is 1.15. The molecule has 0 atom stereocenters. The molecule has 0 unspecified atom stereocenters. The minimum atomic E-state index is 0.651. The highest BCUT2D eigenvalue weighted by molar-refractivity contribution is 6.25. The molecule has 0 saturated carbocycles. The molecule has 0 bridgehead atoms. The van der Waals surface area contributed by atoms with Crippen molar-refractivity contribution in [2.45, 2.75) is 0 Å². The van der Waals surface area contributed by atoms with Crippen LogP contribution in [0.3, 0.4) is 0 Å². The maximum Gasteiger partial charge on any atom is 0.235 e. The fourth-order valence-electron chi connectivity index (χ4n) is 8.13. The molecule has 52 heavy (non-hydrogen) atoms. The fourth-order valence-corrected chi connectivity index (χ4v) is 8.13.